The Hall–Kier alpha value is -0.315. The minimum Gasteiger partial charge on any atom is -0.423 e. The minimum atomic E-state index is -1.31. The van der Waals surface area contributed by atoms with Crippen molar-refractivity contribution >= 4 is 23.2 Å². The van der Waals surface area contributed by atoms with Crippen molar-refractivity contribution in [1.82, 2.24) is 0 Å². The summed E-state index contributed by atoms with van der Waals surface area (Å²) in [6.45, 7) is 4.16. The molecule has 1 heterocycles. The molecule has 0 aromatic carbocycles. The Bertz CT molecular complexity index is 210. The van der Waals surface area contributed by atoms with Gasteiger partial charge in [0.2, 0.25) is 0 Å². The first kappa shape index (κ1) is 8.78. The van der Waals surface area contributed by atoms with E-state index in [0.29, 0.717) is 10.7 Å². The molecule has 0 saturated heterocycles. The van der Waals surface area contributed by atoms with Crippen molar-refractivity contribution in [2.75, 3.05) is 0 Å². The van der Waals surface area contributed by atoms with Crippen LogP contribution in [0.2, 0.25) is 0 Å². The maximum absolute atomic E-state index is 8.78. The van der Waals surface area contributed by atoms with E-state index in [1.165, 1.54) is 11.3 Å². The van der Waals surface area contributed by atoms with E-state index in [0.717, 1.165) is 5.56 Å². The van der Waals surface area contributed by atoms with Gasteiger partial charge in [-0.25, -0.2) is 0 Å². The number of thiophene rings is 1. The van der Waals surface area contributed by atoms with Crippen LogP contribution in [0.25, 0.3) is 0 Å². The molecule has 0 bridgehead atoms. The predicted molar refractivity (Wildman–Crippen MR) is 48.2 cm³/mol. The van der Waals surface area contributed by atoms with Gasteiger partial charge in [0.25, 0.3) is 0 Å². The normalized spacial score (nSPS) is 10.6. The molecule has 0 saturated carbocycles. The molecule has 0 aliphatic rings. The van der Waals surface area contributed by atoms with Crippen LogP contribution in [0.5, 0.6) is 0 Å². The topological polar surface area (TPSA) is 40.5 Å². The fourth-order valence-electron chi connectivity index (χ4n) is 0.807. The van der Waals surface area contributed by atoms with E-state index in [-0.39, 0.29) is 0 Å². The largest absolute Gasteiger partial charge is 0.499 e. The summed E-state index contributed by atoms with van der Waals surface area (Å²) in [6.07, 6.45) is 0. The highest BCUT2D eigenvalue weighted by Crippen LogP contribution is 2.15. The molecule has 0 radical (unpaired) electrons. The van der Waals surface area contributed by atoms with Crippen LogP contribution in [-0.4, -0.2) is 17.2 Å². The molecule has 0 spiro atoms. The third-order valence-corrected chi connectivity index (χ3v) is 2.55. The molecule has 0 aliphatic carbocycles. The SMILES string of the molecule is CC(C)c1csc(B(O)O)c1. The molecule has 0 aliphatic heterocycles. The summed E-state index contributed by atoms with van der Waals surface area (Å²) in [4.78, 5) is 0. The van der Waals surface area contributed by atoms with Crippen molar-refractivity contribution in [3.8, 4) is 0 Å². The van der Waals surface area contributed by atoms with E-state index in [1.54, 1.807) is 0 Å². The maximum atomic E-state index is 8.78. The summed E-state index contributed by atoms with van der Waals surface area (Å²) in [7, 11) is -1.31. The van der Waals surface area contributed by atoms with E-state index >= 15 is 0 Å². The highest BCUT2D eigenvalue weighted by molar-refractivity contribution is 7.20. The molecule has 11 heavy (non-hydrogen) atoms. The molecule has 0 amide bonds. The lowest BCUT2D eigenvalue weighted by Gasteiger charge is -1.97. The molecule has 1 aromatic heterocycles. The highest BCUT2D eigenvalue weighted by atomic mass is 32.1. The van der Waals surface area contributed by atoms with Gasteiger partial charge in [0, 0.05) is 4.78 Å². The summed E-state index contributed by atoms with van der Waals surface area (Å²) in [5.74, 6) is 0.457. The number of hydrogen-bond donors (Lipinski definition) is 2. The van der Waals surface area contributed by atoms with Crippen molar-refractivity contribution in [2.45, 2.75) is 19.8 Å². The molecule has 0 atom stereocenters. The van der Waals surface area contributed by atoms with E-state index in [9.17, 15) is 0 Å². The van der Waals surface area contributed by atoms with Gasteiger partial charge in [0.05, 0.1) is 0 Å². The van der Waals surface area contributed by atoms with Gasteiger partial charge in [-0.05, 0) is 22.9 Å². The number of rotatable bonds is 2. The second-order valence-corrected chi connectivity index (χ2v) is 3.75. The van der Waals surface area contributed by atoms with Crippen LogP contribution in [0.3, 0.4) is 0 Å². The van der Waals surface area contributed by atoms with Gasteiger partial charge in [-0.2, -0.15) is 11.3 Å². The summed E-state index contributed by atoms with van der Waals surface area (Å²) < 4.78 is 0.619. The van der Waals surface area contributed by atoms with E-state index in [4.69, 9.17) is 10.0 Å². The van der Waals surface area contributed by atoms with Gasteiger partial charge in [0.1, 0.15) is 0 Å². The van der Waals surface area contributed by atoms with Crippen LogP contribution < -0.4 is 4.78 Å². The average molecular weight is 170 g/mol. The van der Waals surface area contributed by atoms with E-state index in [2.05, 4.69) is 13.8 Å². The van der Waals surface area contributed by atoms with Crippen molar-refractivity contribution in [3.63, 3.8) is 0 Å². The molecule has 60 valence electrons. The van der Waals surface area contributed by atoms with Gasteiger partial charge < -0.3 is 10.0 Å². The van der Waals surface area contributed by atoms with Crippen molar-refractivity contribution in [1.29, 1.82) is 0 Å². The third-order valence-electron chi connectivity index (χ3n) is 1.56. The zero-order valence-electron chi connectivity index (χ0n) is 6.61. The summed E-state index contributed by atoms with van der Waals surface area (Å²) in [5, 5.41) is 19.5. The Balaban J connectivity index is 2.82. The summed E-state index contributed by atoms with van der Waals surface area (Å²) >= 11 is 1.39. The quantitative estimate of drug-likeness (QED) is 0.636. The zero-order chi connectivity index (χ0) is 8.43. The molecular formula is C7H11BO2S. The fourth-order valence-corrected chi connectivity index (χ4v) is 1.74. The molecule has 0 fully saturated rings. The molecule has 1 rings (SSSR count). The van der Waals surface area contributed by atoms with Crippen LogP contribution >= 0.6 is 11.3 Å². The predicted octanol–water partition coefficient (Wildman–Crippen LogP) is 0.551. The Morgan fingerprint density at radius 3 is 2.36 bits per heavy atom. The molecule has 1 aromatic rings. The Kier molecular flexibility index (Phi) is 2.70. The van der Waals surface area contributed by atoms with Crippen LogP contribution in [-0.2, 0) is 0 Å². The number of hydrogen-bond acceptors (Lipinski definition) is 3. The summed E-state index contributed by atoms with van der Waals surface area (Å²) in [6, 6.07) is 1.83. The van der Waals surface area contributed by atoms with Crippen LogP contribution in [0.1, 0.15) is 25.3 Å². The Labute approximate surface area is 70.6 Å². The first-order valence-electron chi connectivity index (χ1n) is 3.55. The molecule has 4 heteroatoms. The van der Waals surface area contributed by atoms with Crippen molar-refractivity contribution in [2.24, 2.45) is 0 Å². The maximum Gasteiger partial charge on any atom is 0.499 e. The van der Waals surface area contributed by atoms with Crippen LogP contribution in [0.4, 0.5) is 0 Å². The third kappa shape index (κ3) is 2.05. The zero-order valence-corrected chi connectivity index (χ0v) is 7.43. The standard InChI is InChI=1S/C7H11BO2S/c1-5(2)6-3-7(8(9)10)11-4-6/h3-5,9-10H,1-2H3. The van der Waals surface area contributed by atoms with Gasteiger partial charge in [-0.1, -0.05) is 13.8 Å². The van der Waals surface area contributed by atoms with Crippen LogP contribution in [0.15, 0.2) is 11.4 Å². The lowest BCUT2D eigenvalue weighted by Crippen LogP contribution is -2.26. The lowest BCUT2D eigenvalue weighted by atomic mass is 9.88. The molecule has 2 nitrogen and oxygen atoms in total. The first-order valence-corrected chi connectivity index (χ1v) is 4.43. The van der Waals surface area contributed by atoms with E-state index in [1.807, 2.05) is 11.4 Å². The fraction of sp³-hybridized carbons (Fsp3) is 0.429. The van der Waals surface area contributed by atoms with Crippen LogP contribution in [0, 0.1) is 0 Å². The smallest absolute Gasteiger partial charge is 0.423 e. The lowest BCUT2D eigenvalue weighted by molar-refractivity contribution is 0.427. The second kappa shape index (κ2) is 3.39. The average Bonchev–Trinajstić information content (AvgIpc) is 2.33. The van der Waals surface area contributed by atoms with Gasteiger partial charge in [0.15, 0.2) is 0 Å². The van der Waals surface area contributed by atoms with Crippen molar-refractivity contribution in [3.05, 3.63) is 17.0 Å². The second-order valence-electron chi connectivity index (χ2n) is 2.81. The highest BCUT2D eigenvalue weighted by Gasteiger charge is 2.14. The Morgan fingerprint density at radius 2 is 2.09 bits per heavy atom. The molecular weight excluding hydrogens is 159 g/mol. The summed E-state index contributed by atoms with van der Waals surface area (Å²) in [5.41, 5.74) is 1.16. The van der Waals surface area contributed by atoms with Gasteiger partial charge in [-0.3, -0.25) is 0 Å². The van der Waals surface area contributed by atoms with Gasteiger partial charge >= 0.3 is 7.12 Å². The monoisotopic (exact) mass is 170 g/mol. The molecule has 0 unspecified atom stereocenters. The molecule has 2 N–H and O–H groups in total. The van der Waals surface area contributed by atoms with Gasteiger partial charge in [-0.15, -0.1) is 0 Å². The minimum absolute atomic E-state index is 0.457. The van der Waals surface area contributed by atoms with E-state index < -0.39 is 7.12 Å². The van der Waals surface area contributed by atoms with Crippen molar-refractivity contribution < 1.29 is 10.0 Å². The Morgan fingerprint density at radius 1 is 1.45 bits per heavy atom. The first-order chi connectivity index (χ1) is 5.11.